The molecule has 1 aliphatic carbocycles. The lowest BCUT2D eigenvalue weighted by Crippen LogP contribution is -2.28. The number of nitrogens with one attached hydrogen (secondary N) is 1. The predicted molar refractivity (Wildman–Crippen MR) is 88.8 cm³/mol. The van der Waals surface area contributed by atoms with E-state index in [1.165, 1.54) is 16.7 Å². The maximum absolute atomic E-state index is 13.0. The number of aromatic amines is 1. The van der Waals surface area contributed by atoms with Gasteiger partial charge in [-0.15, -0.1) is 0 Å². The largest absolute Gasteiger partial charge is 0.311 e. The molecule has 4 nitrogen and oxygen atoms in total. The zero-order chi connectivity index (χ0) is 17.6. The second-order valence-electron chi connectivity index (χ2n) is 7.08. The molecule has 0 saturated carbocycles. The number of carbonyl (C=O) groups excluding carboxylic acids is 1. The quantitative estimate of drug-likeness (QED) is 0.904. The van der Waals surface area contributed by atoms with Gasteiger partial charge in [0.2, 0.25) is 0 Å². The number of benzene rings is 1. The summed E-state index contributed by atoms with van der Waals surface area (Å²) in [6, 6.07) is 5.88. The fourth-order valence-corrected chi connectivity index (χ4v) is 3.86. The molecule has 2 aromatic rings. The highest BCUT2D eigenvalue weighted by Crippen LogP contribution is 2.49. The van der Waals surface area contributed by atoms with E-state index >= 15 is 0 Å². The average molecular weight is 333 g/mol. The SMILES string of the molecule is C[C@@H]1CC(C)(C)c2cccc(N(C)C(=O)c3c[nH]nc3C(F)F)c21. The van der Waals surface area contributed by atoms with Crippen molar-refractivity contribution >= 4 is 11.6 Å². The summed E-state index contributed by atoms with van der Waals surface area (Å²) in [5.41, 5.74) is 2.56. The molecule has 0 spiro atoms. The van der Waals surface area contributed by atoms with Gasteiger partial charge >= 0.3 is 0 Å². The van der Waals surface area contributed by atoms with Crippen LogP contribution < -0.4 is 4.90 Å². The van der Waals surface area contributed by atoms with Gasteiger partial charge in [-0.25, -0.2) is 8.78 Å². The van der Waals surface area contributed by atoms with Gasteiger partial charge in [-0.05, 0) is 34.9 Å². The molecule has 1 N–H and O–H groups in total. The number of carbonyl (C=O) groups is 1. The van der Waals surface area contributed by atoms with Gasteiger partial charge in [0, 0.05) is 18.9 Å². The van der Waals surface area contributed by atoms with E-state index in [4.69, 9.17) is 0 Å². The Hall–Kier alpha value is -2.24. The molecular weight excluding hydrogens is 312 g/mol. The van der Waals surface area contributed by atoms with E-state index in [1.807, 2.05) is 12.1 Å². The first-order valence-electron chi connectivity index (χ1n) is 7.97. The number of H-pyrrole nitrogens is 1. The zero-order valence-corrected chi connectivity index (χ0v) is 14.2. The molecule has 0 fully saturated rings. The van der Waals surface area contributed by atoms with E-state index in [-0.39, 0.29) is 11.0 Å². The molecule has 0 radical (unpaired) electrons. The number of nitrogens with zero attached hydrogens (tertiary/aromatic N) is 2. The number of rotatable bonds is 3. The molecule has 0 aliphatic heterocycles. The van der Waals surface area contributed by atoms with Crippen molar-refractivity contribution in [2.45, 2.75) is 45.0 Å². The summed E-state index contributed by atoms with van der Waals surface area (Å²) < 4.78 is 26.0. The molecule has 128 valence electrons. The first kappa shape index (κ1) is 16.6. The van der Waals surface area contributed by atoms with E-state index in [0.29, 0.717) is 5.92 Å². The minimum atomic E-state index is -2.79. The fraction of sp³-hybridized carbons (Fsp3) is 0.444. The summed E-state index contributed by atoms with van der Waals surface area (Å²) >= 11 is 0. The second-order valence-corrected chi connectivity index (χ2v) is 7.08. The van der Waals surface area contributed by atoms with Crippen LogP contribution in [0.2, 0.25) is 0 Å². The van der Waals surface area contributed by atoms with Crippen LogP contribution in [0.3, 0.4) is 0 Å². The Balaban J connectivity index is 2.03. The monoisotopic (exact) mass is 333 g/mol. The molecule has 1 atom stereocenters. The molecule has 3 rings (SSSR count). The summed E-state index contributed by atoms with van der Waals surface area (Å²) in [7, 11) is 1.62. The van der Waals surface area contributed by atoms with Crippen molar-refractivity contribution in [2.24, 2.45) is 0 Å². The van der Waals surface area contributed by atoms with Gasteiger partial charge in [0.1, 0.15) is 5.69 Å². The summed E-state index contributed by atoms with van der Waals surface area (Å²) in [4.78, 5) is 14.2. The van der Waals surface area contributed by atoms with Crippen molar-refractivity contribution in [2.75, 3.05) is 11.9 Å². The van der Waals surface area contributed by atoms with Gasteiger partial charge in [-0.1, -0.05) is 32.9 Å². The number of alkyl halides is 2. The normalized spacial score (nSPS) is 18.7. The third-order valence-corrected chi connectivity index (χ3v) is 4.89. The number of amides is 1. The molecule has 0 bridgehead atoms. The molecule has 1 aromatic heterocycles. The number of hydrogen-bond acceptors (Lipinski definition) is 2. The number of anilines is 1. The summed E-state index contributed by atoms with van der Waals surface area (Å²) in [6.45, 7) is 6.51. The van der Waals surface area contributed by atoms with Crippen LogP contribution in [0.5, 0.6) is 0 Å². The van der Waals surface area contributed by atoms with Crippen molar-refractivity contribution in [3.05, 3.63) is 46.8 Å². The van der Waals surface area contributed by atoms with Gasteiger partial charge in [0.05, 0.1) is 5.56 Å². The molecule has 1 aromatic carbocycles. The van der Waals surface area contributed by atoms with Gasteiger partial charge in [-0.3, -0.25) is 9.89 Å². The van der Waals surface area contributed by atoms with Crippen LogP contribution in [0.15, 0.2) is 24.4 Å². The van der Waals surface area contributed by atoms with Gasteiger partial charge in [0.15, 0.2) is 0 Å². The van der Waals surface area contributed by atoms with E-state index in [0.717, 1.165) is 17.7 Å². The first-order chi connectivity index (χ1) is 11.2. The topological polar surface area (TPSA) is 49.0 Å². The molecule has 1 aliphatic rings. The van der Waals surface area contributed by atoms with Crippen LogP contribution in [0.25, 0.3) is 0 Å². The van der Waals surface area contributed by atoms with Gasteiger partial charge < -0.3 is 4.90 Å². The maximum atomic E-state index is 13.0. The van der Waals surface area contributed by atoms with Crippen molar-refractivity contribution in [3.63, 3.8) is 0 Å². The van der Waals surface area contributed by atoms with Crippen LogP contribution in [-0.2, 0) is 5.41 Å². The summed E-state index contributed by atoms with van der Waals surface area (Å²) in [6.07, 6.45) is -0.561. The number of halogens is 2. The van der Waals surface area contributed by atoms with Crippen LogP contribution in [-0.4, -0.2) is 23.2 Å². The maximum Gasteiger partial charge on any atom is 0.282 e. The fourth-order valence-electron chi connectivity index (χ4n) is 3.86. The van der Waals surface area contributed by atoms with Crippen LogP contribution in [0, 0.1) is 0 Å². The van der Waals surface area contributed by atoms with Crippen LogP contribution in [0.4, 0.5) is 14.5 Å². The first-order valence-corrected chi connectivity index (χ1v) is 7.97. The van der Waals surface area contributed by atoms with Gasteiger partial charge in [0.25, 0.3) is 12.3 Å². The van der Waals surface area contributed by atoms with E-state index in [9.17, 15) is 13.6 Å². The minimum Gasteiger partial charge on any atom is -0.311 e. The minimum absolute atomic E-state index is 0.0401. The molecule has 6 heteroatoms. The highest BCUT2D eigenvalue weighted by Gasteiger charge is 2.37. The van der Waals surface area contributed by atoms with Crippen molar-refractivity contribution in [3.8, 4) is 0 Å². The third-order valence-electron chi connectivity index (χ3n) is 4.89. The van der Waals surface area contributed by atoms with E-state index in [2.05, 4.69) is 37.0 Å². The highest BCUT2D eigenvalue weighted by atomic mass is 19.3. The Morgan fingerprint density at radius 2 is 2.12 bits per heavy atom. The Kier molecular flexibility index (Phi) is 3.94. The lowest BCUT2D eigenvalue weighted by atomic mass is 9.86. The zero-order valence-electron chi connectivity index (χ0n) is 14.2. The standard InChI is InChI=1S/C18H21F2N3O/c1-10-8-18(2,3)12-6-5-7-13(14(10)12)23(4)17(24)11-9-21-22-15(11)16(19)20/h5-7,9-10,16H,8H2,1-4H3,(H,21,22)/t10-/m1/s1. The molecule has 0 unspecified atom stereocenters. The lowest BCUT2D eigenvalue weighted by molar-refractivity contribution is 0.0977. The second kappa shape index (κ2) is 5.69. The molecule has 1 amide bonds. The summed E-state index contributed by atoms with van der Waals surface area (Å²) in [5.74, 6) is -0.176. The molecule has 0 saturated heterocycles. The predicted octanol–water partition coefficient (Wildman–Crippen LogP) is 4.41. The number of fused-ring (bicyclic) bond motifs is 1. The Morgan fingerprint density at radius 1 is 1.42 bits per heavy atom. The molecule has 24 heavy (non-hydrogen) atoms. The van der Waals surface area contributed by atoms with E-state index in [1.54, 1.807) is 7.05 Å². The number of hydrogen-bond donors (Lipinski definition) is 1. The van der Waals surface area contributed by atoms with Crippen LogP contribution >= 0.6 is 0 Å². The number of aromatic nitrogens is 2. The smallest absolute Gasteiger partial charge is 0.282 e. The van der Waals surface area contributed by atoms with Crippen molar-refractivity contribution in [1.82, 2.24) is 10.2 Å². The average Bonchev–Trinajstić information content (AvgIpc) is 3.09. The van der Waals surface area contributed by atoms with Crippen LogP contribution in [0.1, 0.15) is 66.7 Å². The Labute approximate surface area is 139 Å². The molecular formula is C18H21F2N3O. The summed E-state index contributed by atoms with van der Waals surface area (Å²) in [5, 5.41) is 5.86. The van der Waals surface area contributed by atoms with Crippen molar-refractivity contribution < 1.29 is 13.6 Å². The highest BCUT2D eigenvalue weighted by molar-refractivity contribution is 6.07. The third kappa shape index (κ3) is 2.50. The lowest BCUT2D eigenvalue weighted by Gasteiger charge is -2.23. The Bertz CT molecular complexity index is 782. The van der Waals surface area contributed by atoms with Gasteiger partial charge in [-0.2, -0.15) is 5.10 Å². The van der Waals surface area contributed by atoms with E-state index < -0.39 is 18.0 Å². The molecule has 1 heterocycles. The Morgan fingerprint density at radius 3 is 2.79 bits per heavy atom. The van der Waals surface area contributed by atoms with Crippen molar-refractivity contribution in [1.29, 1.82) is 0 Å².